The maximum absolute atomic E-state index is 14.5. The summed E-state index contributed by atoms with van der Waals surface area (Å²) in [6, 6.07) is 6.82. The molecule has 1 saturated carbocycles. The van der Waals surface area contributed by atoms with E-state index in [1.54, 1.807) is 23.4 Å². The lowest BCUT2D eigenvalue weighted by Crippen LogP contribution is -2.59. The number of aromatic nitrogens is 2. The lowest BCUT2D eigenvalue weighted by molar-refractivity contribution is -0.136. The van der Waals surface area contributed by atoms with Crippen molar-refractivity contribution in [3.8, 4) is 5.69 Å². The SMILES string of the molecule is CC(C)N(C(=O)c1cc(F)ccc1-n1cc(C2CCN(C(=O)C3NC4CCC3CC4)C2)c2ccncc21)C(C)C. The van der Waals surface area contributed by atoms with Crippen LogP contribution < -0.4 is 5.32 Å². The number of carbonyl (C=O) groups excluding carboxylic acids is 2. The molecule has 0 radical (unpaired) electrons. The van der Waals surface area contributed by atoms with Crippen molar-refractivity contribution in [3.63, 3.8) is 0 Å². The first-order chi connectivity index (χ1) is 19.2. The van der Waals surface area contributed by atoms with Crippen molar-refractivity contribution in [1.29, 1.82) is 0 Å². The molecular weight excluding hydrogens is 505 g/mol. The van der Waals surface area contributed by atoms with Gasteiger partial charge in [-0.2, -0.15) is 0 Å². The average molecular weight is 546 g/mol. The van der Waals surface area contributed by atoms with Gasteiger partial charge in [-0.3, -0.25) is 14.6 Å². The minimum atomic E-state index is -0.440. The second-order valence-electron chi connectivity index (χ2n) is 12.4. The molecule has 0 spiro atoms. The Morgan fingerprint density at radius 2 is 1.80 bits per heavy atom. The van der Waals surface area contributed by atoms with E-state index in [4.69, 9.17) is 0 Å². The van der Waals surface area contributed by atoms with E-state index in [9.17, 15) is 14.0 Å². The number of benzene rings is 1. The topological polar surface area (TPSA) is 70.5 Å². The van der Waals surface area contributed by atoms with Gasteiger partial charge in [0.05, 0.1) is 29.0 Å². The highest BCUT2D eigenvalue weighted by molar-refractivity contribution is 5.99. The summed E-state index contributed by atoms with van der Waals surface area (Å²) < 4.78 is 16.5. The number of nitrogens with zero attached hydrogens (tertiary/aromatic N) is 4. The molecule has 1 N–H and O–H groups in total. The monoisotopic (exact) mass is 545 g/mol. The van der Waals surface area contributed by atoms with E-state index in [-0.39, 0.29) is 35.9 Å². The predicted octanol–water partition coefficient (Wildman–Crippen LogP) is 5.27. The number of rotatable bonds is 6. The fourth-order valence-electron chi connectivity index (χ4n) is 7.41. The van der Waals surface area contributed by atoms with Crippen LogP contribution >= 0.6 is 0 Å². The van der Waals surface area contributed by atoms with E-state index in [1.807, 2.05) is 43.2 Å². The van der Waals surface area contributed by atoms with Crippen LogP contribution in [-0.4, -0.2) is 68.4 Å². The molecule has 212 valence electrons. The molecule has 2 aromatic heterocycles. The molecule has 1 aliphatic carbocycles. The Bertz CT molecular complexity index is 1420. The summed E-state index contributed by atoms with van der Waals surface area (Å²) in [6.07, 6.45) is 11.2. The Hall–Kier alpha value is -3.26. The fourth-order valence-corrected chi connectivity index (χ4v) is 7.41. The number of amides is 2. The first kappa shape index (κ1) is 26.9. The number of pyridine rings is 1. The molecule has 7 nitrogen and oxygen atoms in total. The summed E-state index contributed by atoms with van der Waals surface area (Å²) in [4.78, 5) is 35.5. The predicted molar refractivity (Wildman–Crippen MR) is 154 cm³/mol. The highest BCUT2D eigenvalue weighted by atomic mass is 19.1. The van der Waals surface area contributed by atoms with Crippen LogP contribution in [0, 0.1) is 11.7 Å². The Morgan fingerprint density at radius 1 is 1.05 bits per heavy atom. The number of carbonyl (C=O) groups is 2. The van der Waals surface area contributed by atoms with Gasteiger partial charge in [0, 0.05) is 54.9 Å². The molecule has 40 heavy (non-hydrogen) atoms. The summed E-state index contributed by atoms with van der Waals surface area (Å²) in [5.41, 5.74) is 2.97. The minimum absolute atomic E-state index is 0.0295. The van der Waals surface area contributed by atoms with Crippen molar-refractivity contribution in [1.82, 2.24) is 24.7 Å². The lowest BCUT2D eigenvalue weighted by Gasteiger charge is -2.43. The molecule has 5 heterocycles. The van der Waals surface area contributed by atoms with Crippen LogP contribution in [0.1, 0.15) is 81.6 Å². The van der Waals surface area contributed by atoms with E-state index < -0.39 is 5.82 Å². The molecule has 4 aliphatic rings. The fraction of sp³-hybridized carbons (Fsp3) is 0.531. The first-order valence-electron chi connectivity index (χ1n) is 14.8. The van der Waals surface area contributed by atoms with Crippen molar-refractivity contribution in [2.24, 2.45) is 5.92 Å². The Labute approximate surface area is 235 Å². The number of hydrogen-bond donors (Lipinski definition) is 1. The highest BCUT2D eigenvalue weighted by Crippen LogP contribution is 2.38. The van der Waals surface area contributed by atoms with Crippen LogP contribution in [0.5, 0.6) is 0 Å². The second-order valence-corrected chi connectivity index (χ2v) is 12.4. The maximum atomic E-state index is 14.5. The van der Waals surface area contributed by atoms with E-state index in [0.29, 0.717) is 29.8 Å². The lowest BCUT2D eigenvalue weighted by atomic mass is 9.76. The van der Waals surface area contributed by atoms with E-state index in [0.717, 1.165) is 42.3 Å². The van der Waals surface area contributed by atoms with Crippen molar-refractivity contribution in [2.75, 3.05) is 13.1 Å². The van der Waals surface area contributed by atoms with Crippen LogP contribution in [0.4, 0.5) is 4.39 Å². The van der Waals surface area contributed by atoms with E-state index >= 15 is 0 Å². The number of hydrogen-bond acceptors (Lipinski definition) is 4. The number of piperidine rings is 2. The van der Waals surface area contributed by atoms with Gasteiger partial charge in [-0.05, 0) is 95.5 Å². The van der Waals surface area contributed by atoms with Crippen LogP contribution in [-0.2, 0) is 4.79 Å². The quantitative estimate of drug-likeness (QED) is 0.458. The largest absolute Gasteiger partial charge is 0.341 e. The molecular formula is C32H40FN5O2. The van der Waals surface area contributed by atoms with E-state index in [1.165, 1.54) is 25.0 Å². The second kappa shape index (κ2) is 10.6. The summed E-state index contributed by atoms with van der Waals surface area (Å²) in [5, 5.41) is 4.67. The highest BCUT2D eigenvalue weighted by Gasteiger charge is 2.42. The van der Waals surface area contributed by atoms with Crippen LogP contribution in [0.15, 0.2) is 42.9 Å². The van der Waals surface area contributed by atoms with Gasteiger partial charge in [-0.25, -0.2) is 4.39 Å². The zero-order chi connectivity index (χ0) is 28.1. The first-order valence-corrected chi connectivity index (χ1v) is 14.8. The van der Waals surface area contributed by atoms with Gasteiger partial charge in [0.15, 0.2) is 0 Å². The van der Waals surface area contributed by atoms with Gasteiger partial charge < -0.3 is 19.7 Å². The van der Waals surface area contributed by atoms with Gasteiger partial charge >= 0.3 is 0 Å². The molecule has 4 fully saturated rings. The number of nitrogens with one attached hydrogen (secondary N) is 1. The summed E-state index contributed by atoms with van der Waals surface area (Å²) >= 11 is 0. The molecule has 2 atom stereocenters. The molecule has 2 amide bonds. The third kappa shape index (κ3) is 4.70. The number of fused-ring (bicyclic) bond motifs is 4. The van der Waals surface area contributed by atoms with E-state index in [2.05, 4.69) is 16.5 Å². The van der Waals surface area contributed by atoms with Crippen molar-refractivity contribution < 1.29 is 14.0 Å². The normalized spacial score (nSPS) is 24.4. The zero-order valence-corrected chi connectivity index (χ0v) is 23.9. The Balaban J connectivity index is 1.34. The molecule has 7 rings (SSSR count). The summed E-state index contributed by atoms with van der Waals surface area (Å²) in [7, 11) is 0. The van der Waals surface area contributed by atoms with Crippen molar-refractivity contribution in [2.45, 2.75) is 89.9 Å². The van der Waals surface area contributed by atoms with Crippen molar-refractivity contribution in [3.05, 3.63) is 59.8 Å². The van der Waals surface area contributed by atoms with Gasteiger partial charge in [0.2, 0.25) is 5.91 Å². The summed E-state index contributed by atoms with van der Waals surface area (Å²) in [5.74, 6) is 0.243. The number of likely N-dealkylation sites (tertiary alicyclic amines) is 1. The smallest absolute Gasteiger partial charge is 0.256 e. The molecule has 3 aromatic rings. The van der Waals surface area contributed by atoms with Gasteiger partial charge in [0.25, 0.3) is 5.91 Å². The van der Waals surface area contributed by atoms with Crippen LogP contribution in [0.2, 0.25) is 0 Å². The van der Waals surface area contributed by atoms with Gasteiger partial charge in [0.1, 0.15) is 5.82 Å². The average Bonchev–Trinajstić information content (AvgIpc) is 3.58. The van der Waals surface area contributed by atoms with Crippen LogP contribution in [0.25, 0.3) is 16.6 Å². The summed E-state index contributed by atoms with van der Waals surface area (Å²) in [6.45, 7) is 9.33. The van der Waals surface area contributed by atoms with Gasteiger partial charge in [-0.1, -0.05) is 0 Å². The standard InChI is InChI=1S/C32H40FN5O2/c1-19(2)38(20(3)4)31(39)26-15-23(33)7-10-28(26)37-18-27(25-11-13-34-16-29(25)37)22-12-14-36(17-22)32(40)30-21-5-8-24(35-30)9-6-21/h7,10-11,13,15-16,18-22,24,30,35H,5-6,8-9,12,14,17H2,1-4H3. The molecule has 3 saturated heterocycles. The van der Waals surface area contributed by atoms with Crippen LogP contribution in [0.3, 0.4) is 0 Å². The van der Waals surface area contributed by atoms with Gasteiger partial charge in [-0.15, -0.1) is 0 Å². The third-order valence-electron chi connectivity index (χ3n) is 9.30. The maximum Gasteiger partial charge on any atom is 0.256 e. The third-order valence-corrected chi connectivity index (χ3v) is 9.30. The molecule has 8 heteroatoms. The number of halogens is 1. The van der Waals surface area contributed by atoms with Crippen molar-refractivity contribution >= 4 is 22.7 Å². The Kier molecular flexibility index (Phi) is 7.15. The molecule has 1 aromatic carbocycles. The Morgan fingerprint density at radius 3 is 2.48 bits per heavy atom. The zero-order valence-electron chi connectivity index (χ0n) is 23.9. The molecule has 2 bridgehead atoms. The molecule has 3 aliphatic heterocycles. The minimum Gasteiger partial charge on any atom is -0.341 e. The molecule has 2 unspecified atom stereocenters.